The van der Waals surface area contributed by atoms with Crippen LogP contribution < -0.4 is 5.73 Å². The molecule has 4 nitrogen and oxygen atoms in total. The number of benzene rings is 2. The van der Waals surface area contributed by atoms with Gasteiger partial charge < -0.3 is 10.3 Å². The maximum Gasteiger partial charge on any atom is 0.122 e. The molecular weight excluding hydrogens is 308 g/mol. The zero-order valence-corrected chi connectivity index (χ0v) is 13.3. The fraction of sp³-hybridized carbons (Fsp3) is 0.111. The standard InChI is InChI=1S/C18H17ClN4/c19-16-6-4-13(5-7-16)11-17-22-8-9-23(17)12-14-2-1-3-15(10-14)18(20)21/h1-10H,11-12H2,(H3,20,21). The van der Waals surface area contributed by atoms with E-state index in [0.29, 0.717) is 6.54 Å². The number of imidazole rings is 1. The van der Waals surface area contributed by atoms with E-state index >= 15 is 0 Å². The molecule has 3 aromatic rings. The van der Waals surface area contributed by atoms with E-state index in [4.69, 9.17) is 22.7 Å². The van der Waals surface area contributed by atoms with Crippen molar-refractivity contribution >= 4 is 17.4 Å². The van der Waals surface area contributed by atoms with E-state index in [1.165, 1.54) is 5.56 Å². The predicted octanol–water partition coefficient (Wildman–Crippen LogP) is 3.46. The van der Waals surface area contributed by atoms with Gasteiger partial charge in [-0.25, -0.2) is 4.98 Å². The minimum absolute atomic E-state index is 0.0823. The molecular formula is C18H17ClN4. The zero-order valence-electron chi connectivity index (χ0n) is 12.5. The molecule has 3 N–H and O–H groups in total. The van der Waals surface area contributed by atoms with Crippen LogP contribution in [-0.4, -0.2) is 15.4 Å². The molecule has 0 saturated heterocycles. The summed E-state index contributed by atoms with van der Waals surface area (Å²) in [5.74, 6) is 1.07. The van der Waals surface area contributed by atoms with E-state index < -0.39 is 0 Å². The van der Waals surface area contributed by atoms with Crippen LogP contribution in [0.25, 0.3) is 0 Å². The van der Waals surface area contributed by atoms with Gasteiger partial charge in [0.25, 0.3) is 0 Å². The predicted molar refractivity (Wildman–Crippen MR) is 93.0 cm³/mol. The molecule has 0 unspecified atom stereocenters. The number of hydrogen-bond acceptors (Lipinski definition) is 2. The van der Waals surface area contributed by atoms with Crippen LogP contribution >= 0.6 is 11.6 Å². The molecule has 0 aliphatic rings. The Balaban J connectivity index is 1.79. The maximum atomic E-state index is 7.54. The van der Waals surface area contributed by atoms with Crippen LogP contribution in [0.1, 0.15) is 22.5 Å². The van der Waals surface area contributed by atoms with Crippen LogP contribution in [0.3, 0.4) is 0 Å². The molecule has 0 saturated carbocycles. The van der Waals surface area contributed by atoms with Gasteiger partial charge in [-0.15, -0.1) is 0 Å². The Morgan fingerprint density at radius 3 is 2.65 bits per heavy atom. The Labute approximate surface area is 140 Å². The summed E-state index contributed by atoms with van der Waals surface area (Å²) in [6, 6.07) is 15.5. The quantitative estimate of drug-likeness (QED) is 0.557. The van der Waals surface area contributed by atoms with Gasteiger partial charge in [-0.3, -0.25) is 5.41 Å². The van der Waals surface area contributed by atoms with Crippen LogP contribution in [0, 0.1) is 5.41 Å². The van der Waals surface area contributed by atoms with Gasteiger partial charge in [0, 0.05) is 35.9 Å². The number of aromatic nitrogens is 2. The highest BCUT2D eigenvalue weighted by molar-refractivity contribution is 6.30. The smallest absolute Gasteiger partial charge is 0.122 e. The lowest BCUT2D eigenvalue weighted by Crippen LogP contribution is -2.12. The van der Waals surface area contributed by atoms with E-state index in [9.17, 15) is 0 Å². The molecule has 116 valence electrons. The molecule has 0 aliphatic heterocycles. The lowest BCUT2D eigenvalue weighted by Gasteiger charge is -2.09. The second-order valence-corrected chi connectivity index (χ2v) is 5.83. The molecule has 23 heavy (non-hydrogen) atoms. The van der Waals surface area contributed by atoms with Crippen molar-refractivity contribution in [1.82, 2.24) is 9.55 Å². The first-order chi connectivity index (χ1) is 11.1. The first kappa shape index (κ1) is 15.3. The van der Waals surface area contributed by atoms with Crippen LogP contribution in [-0.2, 0) is 13.0 Å². The second-order valence-electron chi connectivity index (χ2n) is 5.39. The van der Waals surface area contributed by atoms with Crippen molar-refractivity contribution in [3.05, 3.63) is 88.5 Å². The molecule has 0 bridgehead atoms. The van der Waals surface area contributed by atoms with E-state index in [2.05, 4.69) is 9.55 Å². The van der Waals surface area contributed by atoms with E-state index in [0.717, 1.165) is 28.4 Å². The van der Waals surface area contributed by atoms with Gasteiger partial charge >= 0.3 is 0 Å². The number of hydrogen-bond donors (Lipinski definition) is 2. The number of nitrogens with zero attached hydrogens (tertiary/aromatic N) is 2. The van der Waals surface area contributed by atoms with Gasteiger partial charge in [0.2, 0.25) is 0 Å². The van der Waals surface area contributed by atoms with Crippen molar-refractivity contribution in [1.29, 1.82) is 5.41 Å². The Kier molecular flexibility index (Phi) is 4.44. The summed E-state index contributed by atoms with van der Waals surface area (Å²) in [7, 11) is 0. The number of rotatable bonds is 5. The summed E-state index contributed by atoms with van der Waals surface area (Å²) < 4.78 is 2.11. The molecule has 1 aromatic heterocycles. The highest BCUT2D eigenvalue weighted by Gasteiger charge is 2.06. The second kappa shape index (κ2) is 6.67. The highest BCUT2D eigenvalue weighted by atomic mass is 35.5. The molecule has 1 heterocycles. The SMILES string of the molecule is N=C(N)c1cccc(Cn2ccnc2Cc2ccc(Cl)cc2)c1. The van der Waals surface area contributed by atoms with E-state index in [1.54, 1.807) is 6.20 Å². The van der Waals surface area contributed by atoms with Gasteiger partial charge in [-0.2, -0.15) is 0 Å². The van der Waals surface area contributed by atoms with Crippen LogP contribution in [0.5, 0.6) is 0 Å². The largest absolute Gasteiger partial charge is 0.384 e. The van der Waals surface area contributed by atoms with Crippen molar-refractivity contribution in [2.24, 2.45) is 5.73 Å². The summed E-state index contributed by atoms with van der Waals surface area (Å²) in [5, 5.41) is 8.27. The first-order valence-corrected chi connectivity index (χ1v) is 7.67. The summed E-state index contributed by atoms with van der Waals surface area (Å²) in [6.45, 7) is 0.698. The minimum Gasteiger partial charge on any atom is -0.384 e. The van der Waals surface area contributed by atoms with Gasteiger partial charge in [-0.1, -0.05) is 41.9 Å². The molecule has 5 heteroatoms. The summed E-state index contributed by atoms with van der Waals surface area (Å²) in [6.07, 6.45) is 4.52. The maximum absolute atomic E-state index is 7.54. The Bertz CT molecular complexity index is 821. The summed E-state index contributed by atoms with van der Waals surface area (Å²) >= 11 is 5.92. The Morgan fingerprint density at radius 1 is 1.13 bits per heavy atom. The number of amidine groups is 1. The van der Waals surface area contributed by atoms with Gasteiger partial charge in [-0.05, 0) is 29.3 Å². The third-order valence-electron chi connectivity index (χ3n) is 3.67. The van der Waals surface area contributed by atoms with Crippen molar-refractivity contribution in [2.45, 2.75) is 13.0 Å². The van der Waals surface area contributed by atoms with Crippen LogP contribution in [0.15, 0.2) is 60.9 Å². The third kappa shape index (κ3) is 3.79. The topological polar surface area (TPSA) is 67.7 Å². The average Bonchev–Trinajstić information content (AvgIpc) is 2.97. The molecule has 0 amide bonds. The average molecular weight is 325 g/mol. The van der Waals surface area contributed by atoms with E-state index in [1.807, 2.05) is 54.7 Å². The van der Waals surface area contributed by atoms with Crippen molar-refractivity contribution in [3.8, 4) is 0 Å². The monoisotopic (exact) mass is 324 g/mol. The van der Waals surface area contributed by atoms with Gasteiger partial charge in [0.15, 0.2) is 0 Å². The van der Waals surface area contributed by atoms with Crippen molar-refractivity contribution in [3.63, 3.8) is 0 Å². The number of nitrogens with one attached hydrogen (secondary N) is 1. The van der Waals surface area contributed by atoms with Crippen molar-refractivity contribution in [2.75, 3.05) is 0 Å². The number of nitrogen functional groups attached to an aromatic ring is 1. The molecule has 0 aliphatic carbocycles. The molecule has 0 spiro atoms. The normalized spacial score (nSPS) is 10.7. The van der Waals surface area contributed by atoms with Gasteiger partial charge in [0.05, 0.1) is 0 Å². The molecule has 0 radical (unpaired) electrons. The van der Waals surface area contributed by atoms with Crippen LogP contribution in [0.4, 0.5) is 0 Å². The fourth-order valence-corrected chi connectivity index (χ4v) is 2.60. The lowest BCUT2D eigenvalue weighted by molar-refractivity contribution is 0.740. The number of nitrogens with two attached hydrogens (primary N) is 1. The Morgan fingerprint density at radius 2 is 1.91 bits per heavy atom. The molecule has 3 rings (SSSR count). The molecule has 0 atom stereocenters. The number of halogens is 1. The summed E-state index contributed by atoms with van der Waals surface area (Å²) in [5.41, 5.74) is 8.55. The summed E-state index contributed by atoms with van der Waals surface area (Å²) in [4.78, 5) is 4.45. The van der Waals surface area contributed by atoms with E-state index in [-0.39, 0.29) is 5.84 Å². The fourth-order valence-electron chi connectivity index (χ4n) is 2.47. The van der Waals surface area contributed by atoms with Gasteiger partial charge in [0.1, 0.15) is 11.7 Å². The molecule has 2 aromatic carbocycles. The Hall–Kier alpha value is -2.59. The van der Waals surface area contributed by atoms with Crippen molar-refractivity contribution < 1.29 is 0 Å². The zero-order chi connectivity index (χ0) is 16.2. The minimum atomic E-state index is 0.0823. The first-order valence-electron chi connectivity index (χ1n) is 7.29. The molecule has 0 fully saturated rings. The third-order valence-corrected chi connectivity index (χ3v) is 3.92. The van der Waals surface area contributed by atoms with Crippen LogP contribution in [0.2, 0.25) is 5.02 Å². The lowest BCUT2D eigenvalue weighted by atomic mass is 10.1. The highest BCUT2D eigenvalue weighted by Crippen LogP contribution is 2.14.